The van der Waals surface area contributed by atoms with E-state index in [9.17, 15) is 0 Å². The standard InChI is InChI=1S/C14H11Br2ClO/c15-8-10-5-6-14(13(17)7-10)18-9-11-3-1-2-4-12(11)16/h1-7H,8-9H2. The third-order valence-corrected chi connectivity index (χ3v) is 4.21. The van der Waals surface area contributed by atoms with Gasteiger partial charge in [-0.05, 0) is 23.8 Å². The molecule has 0 saturated heterocycles. The van der Waals surface area contributed by atoms with Crippen LogP contribution in [0.3, 0.4) is 0 Å². The number of alkyl halides is 1. The minimum absolute atomic E-state index is 0.495. The van der Waals surface area contributed by atoms with Crippen molar-refractivity contribution in [2.24, 2.45) is 0 Å². The van der Waals surface area contributed by atoms with Crippen molar-refractivity contribution in [2.45, 2.75) is 11.9 Å². The lowest BCUT2D eigenvalue weighted by Gasteiger charge is -2.10. The first-order valence-electron chi connectivity index (χ1n) is 5.41. The van der Waals surface area contributed by atoms with E-state index in [1.54, 1.807) is 0 Å². The summed E-state index contributed by atoms with van der Waals surface area (Å²) in [5.74, 6) is 0.706. The molecule has 0 aromatic heterocycles. The van der Waals surface area contributed by atoms with Gasteiger partial charge in [-0.15, -0.1) is 0 Å². The molecule has 18 heavy (non-hydrogen) atoms. The summed E-state index contributed by atoms with van der Waals surface area (Å²) in [6, 6.07) is 13.8. The van der Waals surface area contributed by atoms with Gasteiger partial charge in [-0.25, -0.2) is 0 Å². The Morgan fingerprint density at radius 1 is 1.11 bits per heavy atom. The summed E-state index contributed by atoms with van der Waals surface area (Å²) < 4.78 is 6.77. The van der Waals surface area contributed by atoms with Crippen LogP contribution in [0.4, 0.5) is 0 Å². The Balaban J connectivity index is 2.09. The normalized spacial score (nSPS) is 10.4. The van der Waals surface area contributed by atoms with E-state index < -0.39 is 0 Å². The van der Waals surface area contributed by atoms with Crippen LogP contribution in [-0.4, -0.2) is 0 Å². The maximum atomic E-state index is 6.16. The third-order valence-electron chi connectivity index (χ3n) is 2.49. The van der Waals surface area contributed by atoms with Crippen molar-refractivity contribution in [1.29, 1.82) is 0 Å². The quantitative estimate of drug-likeness (QED) is 0.620. The molecule has 4 heteroatoms. The fourth-order valence-corrected chi connectivity index (χ4v) is 2.52. The van der Waals surface area contributed by atoms with Crippen LogP contribution in [0.2, 0.25) is 5.02 Å². The Labute approximate surface area is 128 Å². The summed E-state index contributed by atoms with van der Waals surface area (Å²) in [6.45, 7) is 0.495. The highest BCUT2D eigenvalue weighted by Gasteiger charge is 2.04. The van der Waals surface area contributed by atoms with Crippen LogP contribution in [0.5, 0.6) is 5.75 Å². The van der Waals surface area contributed by atoms with Gasteiger partial charge >= 0.3 is 0 Å². The van der Waals surface area contributed by atoms with Crippen LogP contribution in [0.25, 0.3) is 0 Å². The summed E-state index contributed by atoms with van der Waals surface area (Å²) in [5.41, 5.74) is 2.23. The molecule has 0 fully saturated rings. The van der Waals surface area contributed by atoms with Gasteiger partial charge in [-0.2, -0.15) is 0 Å². The minimum Gasteiger partial charge on any atom is -0.487 e. The largest absolute Gasteiger partial charge is 0.487 e. The van der Waals surface area contributed by atoms with Crippen molar-refractivity contribution < 1.29 is 4.74 Å². The molecule has 0 amide bonds. The van der Waals surface area contributed by atoms with Gasteiger partial charge in [0.15, 0.2) is 0 Å². The van der Waals surface area contributed by atoms with Gasteiger partial charge < -0.3 is 4.74 Å². The number of ether oxygens (including phenoxy) is 1. The fraction of sp³-hybridized carbons (Fsp3) is 0.143. The first-order chi connectivity index (χ1) is 8.70. The van der Waals surface area contributed by atoms with E-state index in [4.69, 9.17) is 16.3 Å². The van der Waals surface area contributed by atoms with Crippen molar-refractivity contribution in [2.75, 3.05) is 0 Å². The highest BCUT2D eigenvalue weighted by molar-refractivity contribution is 9.10. The Morgan fingerprint density at radius 3 is 2.56 bits per heavy atom. The molecule has 2 rings (SSSR count). The number of halogens is 3. The lowest BCUT2D eigenvalue weighted by Crippen LogP contribution is -1.97. The van der Waals surface area contributed by atoms with Crippen molar-refractivity contribution in [3.8, 4) is 5.75 Å². The van der Waals surface area contributed by atoms with Crippen LogP contribution in [-0.2, 0) is 11.9 Å². The molecule has 0 bridgehead atoms. The van der Waals surface area contributed by atoms with E-state index in [0.29, 0.717) is 17.4 Å². The SMILES string of the molecule is Clc1cc(CBr)ccc1OCc1ccccc1Br. The molecule has 0 saturated carbocycles. The van der Waals surface area contributed by atoms with Gasteiger partial charge in [-0.3, -0.25) is 0 Å². The van der Waals surface area contributed by atoms with Crippen molar-refractivity contribution >= 4 is 43.5 Å². The average Bonchev–Trinajstić information content (AvgIpc) is 2.39. The van der Waals surface area contributed by atoms with E-state index >= 15 is 0 Å². The molecule has 0 aliphatic heterocycles. The molecule has 0 radical (unpaired) electrons. The van der Waals surface area contributed by atoms with Gasteiger partial charge in [-0.1, -0.05) is 67.7 Å². The second-order valence-corrected chi connectivity index (χ2v) is 5.60. The minimum atomic E-state index is 0.495. The van der Waals surface area contributed by atoms with E-state index in [0.717, 1.165) is 20.9 Å². The summed E-state index contributed by atoms with van der Waals surface area (Å²) >= 11 is 13.0. The molecule has 0 heterocycles. The van der Waals surface area contributed by atoms with E-state index in [-0.39, 0.29) is 0 Å². The first kappa shape index (κ1) is 13.9. The summed E-state index contributed by atoms with van der Waals surface area (Å²) in [6.07, 6.45) is 0. The molecule has 0 unspecified atom stereocenters. The van der Waals surface area contributed by atoms with Crippen LogP contribution in [0, 0.1) is 0 Å². The lowest BCUT2D eigenvalue weighted by molar-refractivity contribution is 0.305. The zero-order valence-electron chi connectivity index (χ0n) is 9.50. The second-order valence-electron chi connectivity index (χ2n) is 3.78. The highest BCUT2D eigenvalue weighted by atomic mass is 79.9. The van der Waals surface area contributed by atoms with E-state index in [1.807, 2.05) is 42.5 Å². The summed E-state index contributed by atoms with van der Waals surface area (Å²) in [7, 11) is 0. The predicted molar refractivity (Wildman–Crippen MR) is 82.6 cm³/mol. The van der Waals surface area contributed by atoms with Crippen molar-refractivity contribution in [3.05, 3.63) is 63.1 Å². The Hall–Kier alpha value is -0.510. The number of hydrogen-bond donors (Lipinski definition) is 0. The maximum Gasteiger partial charge on any atom is 0.138 e. The predicted octanol–water partition coefficient (Wildman–Crippen LogP) is 5.58. The highest BCUT2D eigenvalue weighted by Crippen LogP contribution is 2.28. The molecular weight excluding hydrogens is 379 g/mol. The lowest BCUT2D eigenvalue weighted by atomic mass is 10.2. The molecule has 0 aliphatic carbocycles. The smallest absolute Gasteiger partial charge is 0.138 e. The van der Waals surface area contributed by atoms with Crippen LogP contribution < -0.4 is 4.74 Å². The van der Waals surface area contributed by atoms with Gasteiger partial charge in [0.2, 0.25) is 0 Å². The zero-order valence-corrected chi connectivity index (χ0v) is 13.4. The Morgan fingerprint density at radius 2 is 1.89 bits per heavy atom. The maximum absolute atomic E-state index is 6.16. The van der Waals surface area contributed by atoms with Crippen LogP contribution in [0.15, 0.2) is 46.9 Å². The van der Waals surface area contributed by atoms with E-state index in [1.165, 1.54) is 0 Å². The van der Waals surface area contributed by atoms with Gasteiger partial charge in [0.1, 0.15) is 12.4 Å². The van der Waals surface area contributed by atoms with Gasteiger partial charge in [0, 0.05) is 15.4 Å². The van der Waals surface area contributed by atoms with Gasteiger partial charge in [0.25, 0.3) is 0 Å². The Kier molecular flexibility index (Phi) is 5.10. The second kappa shape index (κ2) is 6.60. The average molecular weight is 391 g/mol. The van der Waals surface area contributed by atoms with Crippen LogP contribution in [0.1, 0.15) is 11.1 Å². The molecule has 0 N–H and O–H groups in total. The molecule has 1 nitrogen and oxygen atoms in total. The monoisotopic (exact) mass is 388 g/mol. The number of hydrogen-bond acceptors (Lipinski definition) is 1. The molecular formula is C14H11Br2ClO. The number of benzene rings is 2. The molecule has 2 aromatic carbocycles. The fourth-order valence-electron chi connectivity index (χ4n) is 1.52. The Bertz CT molecular complexity index is 543. The van der Waals surface area contributed by atoms with E-state index in [2.05, 4.69) is 31.9 Å². The summed E-state index contributed by atoms with van der Waals surface area (Å²) in [4.78, 5) is 0. The molecule has 94 valence electrons. The topological polar surface area (TPSA) is 9.23 Å². The number of rotatable bonds is 4. The first-order valence-corrected chi connectivity index (χ1v) is 7.70. The molecule has 2 aromatic rings. The van der Waals surface area contributed by atoms with Crippen molar-refractivity contribution in [1.82, 2.24) is 0 Å². The van der Waals surface area contributed by atoms with Gasteiger partial charge in [0.05, 0.1) is 5.02 Å². The molecule has 0 aliphatic rings. The van der Waals surface area contributed by atoms with Crippen molar-refractivity contribution in [3.63, 3.8) is 0 Å². The molecule has 0 atom stereocenters. The summed E-state index contributed by atoms with van der Waals surface area (Å²) in [5, 5.41) is 1.43. The zero-order chi connectivity index (χ0) is 13.0. The molecule has 0 spiro atoms. The third kappa shape index (κ3) is 3.50. The van der Waals surface area contributed by atoms with Crippen LogP contribution >= 0.6 is 43.5 Å².